The Balaban J connectivity index is 4.45. The van der Waals surface area contributed by atoms with Gasteiger partial charge in [0.15, 0.2) is 6.10 Å². The van der Waals surface area contributed by atoms with Crippen LogP contribution in [0.3, 0.4) is 0 Å². The highest BCUT2D eigenvalue weighted by molar-refractivity contribution is 5.71. The van der Waals surface area contributed by atoms with Crippen LogP contribution in [0.5, 0.6) is 0 Å². The Kier molecular flexibility index (Phi) is 48.5. The number of hydrogen-bond donors (Lipinski definition) is 0. The van der Waals surface area contributed by atoms with E-state index in [4.69, 9.17) is 14.2 Å². The van der Waals surface area contributed by atoms with E-state index in [1.54, 1.807) is 0 Å². The molecule has 0 saturated carbocycles. The minimum atomic E-state index is -0.795. The average molecular weight is 877 g/mol. The number of rotatable bonds is 46. The van der Waals surface area contributed by atoms with E-state index in [1.807, 2.05) is 18.2 Å². The van der Waals surface area contributed by atoms with Crippen molar-refractivity contribution in [2.75, 3.05) is 13.2 Å². The third-order valence-electron chi connectivity index (χ3n) is 11.0. The number of ether oxygens (including phenoxy) is 3. The molecule has 63 heavy (non-hydrogen) atoms. The van der Waals surface area contributed by atoms with E-state index in [1.165, 1.54) is 89.9 Å². The molecule has 0 aromatic carbocycles. The largest absolute Gasteiger partial charge is 0.462 e. The van der Waals surface area contributed by atoms with Crippen molar-refractivity contribution in [3.05, 3.63) is 85.1 Å². The average Bonchev–Trinajstić information content (AvgIpc) is 3.28. The predicted octanol–water partition coefficient (Wildman–Crippen LogP) is 17.2. The maximum atomic E-state index is 12.8. The van der Waals surface area contributed by atoms with Gasteiger partial charge < -0.3 is 14.2 Å². The topological polar surface area (TPSA) is 78.9 Å². The molecule has 0 N–H and O–H groups in total. The molecule has 0 fully saturated rings. The molecular weight excluding hydrogens is 781 g/mol. The molecule has 0 rings (SSSR count). The van der Waals surface area contributed by atoms with E-state index in [0.717, 1.165) is 109 Å². The lowest BCUT2D eigenvalue weighted by Gasteiger charge is -2.18. The molecule has 0 aromatic heterocycles. The van der Waals surface area contributed by atoms with Gasteiger partial charge in [-0.15, -0.1) is 0 Å². The van der Waals surface area contributed by atoms with Gasteiger partial charge in [-0.25, -0.2) is 0 Å². The van der Waals surface area contributed by atoms with E-state index in [9.17, 15) is 14.4 Å². The summed E-state index contributed by atoms with van der Waals surface area (Å²) in [5.74, 6) is -0.933. The van der Waals surface area contributed by atoms with Crippen LogP contribution in [0.4, 0.5) is 0 Å². The maximum absolute atomic E-state index is 12.8. The molecule has 1 unspecified atom stereocenters. The van der Waals surface area contributed by atoms with Crippen LogP contribution in [0.2, 0.25) is 0 Å². The number of esters is 3. The fraction of sp³-hybridized carbons (Fsp3) is 0.702. The van der Waals surface area contributed by atoms with Crippen molar-refractivity contribution in [1.82, 2.24) is 0 Å². The molecule has 6 nitrogen and oxygen atoms in total. The number of unbranched alkanes of at least 4 members (excludes halogenated alkanes) is 24. The second kappa shape index (κ2) is 51.2. The van der Waals surface area contributed by atoms with Gasteiger partial charge in [-0.1, -0.05) is 215 Å². The Labute approximate surface area is 388 Å². The van der Waals surface area contributed by atoms with Crippen molar-refractivity contribution in [2.24, 2.45) is 0 Å². The van der Waals surface area contributed by atoms with Gasteiger partial charge in [-0.2, -0.15) is 0 Å². The molecule has 0 aromatic rings. The van der Waals surface area contributed by atoms with E-state index >= 15 is 0 Å². The monoisotopic (exact) mass is 877 g/mol. The van der Waals surface area contributed by atoms with Crippen LogP contribution in [0.1, 0.15) is 239 Å². The summed E-state index contributed by atoms with van der Waals surface area (Å²) in [6.45, 7) is 6.36. The smallest absolute Gasteiger partial charge is 0.306 e. The van der Waals surface area contributed by atoms with Crippen molar-refractivity contribution in [3.8, 4) is 0 Å². The number of carbonyl (C=O) groups is 3. The summed E-state index contributed by atoms with van der Waals surface area (Å²) in [6, 6.07) is 0. The Morgan fingerprint density at radius 1 is 0.349 bits per heavy atom. The first kappa shape index (κ1) is 59.6. The maximum Gasteiger partial charge on any atom is 0.306 e. The van der Waals surface area contributed by atoms with Gasteiger partial charge >= 0.3 is 17.9 Å². The number of hydrogen-bond acceptors (Lipinski definition) is 6. The van der Waals surface area contributed by atoms with Crippen molar-refractivity contribution < 1.29 is 28.6 Å². The molecule has 0 aliphatic rings. The third kappa shape index (κ3) is 49.5. The molecule has 0 aliphatic heterocycles. The summed E-state index contributed by atoms with van der Waals surface area (Å²) >= 11 is 0. The summed E-state index contributed by atoms with van der Waals surface area (Å²) in [4.78, 5) is 38.0. The summed E-state index contributed by atoms with van der Waals surface area (Å²) in [5, 5.41) is 0. The van der Waals surface area contributed by atoms with Gasteiger partial charge in [-0.3, -0.25) is 14.4 Å². The van der Waals surface area contributed by atoms with Gasteiger partial charge in [0.2, 0.25) is 0 Å². The molecule has 1 atom stereocenters. The van der Waals surface area contributed by atoms with Gasteiger partial charge in [0.25, 0.3) is 0 Å². The Morgan fingerprint density at radius 3 is 1.16 bits per heavy atom. The molecule has 0 saturated heterocycles. The van der Waals surface area contributed by atoms with Crippen molar-refractivity contribution in [1.29, 1.82) is 0 Å². The van der Waals surface area contributed by atoms with Crippen LogP contribution in [0.15, 0.2) is 85.1 Å². The highest BCUT2D eigenvalue weighted by Gasteiger charge is 2.19. The summed E-state index contributed by atoms with van der Waals surface area (Å²) in [7, 11) is 0. The molecule has 0 aliphatic carbocycles. The number of allylic oxidation sites excluding steroid dienone is 14. The van der Waals surface area contributed by atoms with Crippen molar-refractivity contribution >= 4 is 17.9 Å². The highest BCUT2D eigenvalue weighted by Crippen LogP contribution is 2.14. The van der Waals surface area contributed by atoms with Crippen LogP contribution in [-0.4, -0.2) is 37.2 Å². The zero-order valence-electron chi connectivity index (χ0n) is 41.1. The van der Waals surface area contributed by atoms with Crippen LogP contribution in [-0.2, 0) is 28.6 Å². The normalized spacial score (nSPS) is 12.7. The second-order valence-electron chi connectivity index (χ2n) is 17.1. The lowest BCUT2D eigenvalue weighted by molar-refractivity contribution is -0.167. The summed E-state index contributed by atoms with van der Waals surface area (Å²) in [5.41, 5.74) is 0. The Morgan fingerprint density at radius 2 is 0.698 bits per heavy atom. The predicted molar refractivity (Wildman–Crippen MR) is 270 cm³/mol. The Bertz CT molecular complexity index is 1240. The minimum Gasteiger partial charge on any atom is -0.462 e. The highest BCUT2D eigenvalue weighted by atomic mass is 16.6. The zero-order valence-corrected chi connectivity index (χ0v) is 41.1. The van der Waals surface area contributed by atoms with Gasteiger partial charge in [0.05, 0.1) is 0 Å². The first-order valence-corrected chi connectivity index (χ1v) is 26.1. The molecule has 360 valence electrons. The summed E-state index contributed by atoms with van der Waals surface area (Å²) in [6.07, 6.45) is 65.6. The van der Waals surface area contributed by atoms with E-state index in [0.29, 0.717) is 19.3 Å². The van der Waals surface area contributed by atoms with Crippen molar-refractivity contribution in [3.63, 3.8) is 0 Å². The van der Waals surface area contributed by atoms with Crippen molar-refractivity contribution in [2.45, 2.75) is 245 Å². The van der Waals surface area contributed by atoms with Gasteiger partial charge in [-0.05, 0) is 89.9 Å². The van der Waals surface area contributed by atoms with Crippen LogP contribution in [0, 0.1) is 0 Å². The van der Waals surface area contributed by atoms with E-state index < -0.39 is 6.10 Å². The van der Waals surface area contributed by atoms with Gasteiger partial charge in [0, 0.05) is 19.3 Å². The molecular formula is C57H96O6. The van der Waals surface area contributed by atoms with E-state index in [-0.39, 0.29) is 31.1 Å². The molecule has 0 spiro atoms. The first-order valence-electron chi connectivity index (χ1n) is 26.1. The van der Waals surface area contributed by atoms with Gasteiger partial charge in [0.1, 0.15) is 13.2 Å². The van der Waals surface area contributed by atoms with E-state index in [2.05, 4.69) is 87.6 Å². The molecule has 0 heterocycles. The third-order valence-corrected chi connectivity index (χ3v) is 11.0. The molecule has 0 bridgehead atoms. The SMILES string of the molecule is CC\C=C/C=C\C=C/C=C\CCCCCCCC(=O)OC(COC(=O)CCCCCCC/C=C\CCCCCCCCC)COC(=O)CCCCCCCCC/C=C\C/C=C\CC. The lowest BCUT2D eigenvalue weighted by Crippen LogP contribution is -2.30. The van der Waals surface area contributed by atoms with Crippen LogP contribution in [0.25, 0.3) is 0 Å². The molecule has 6 heteroatoms. The van der Waals surface area contributed by atoms with Crippen LogP contribution >= 0.6 is 0 Å². The van der Waals surface area contributed by atoms with Crippen LogP contribution < -0.4 is 0 Å². The first-order chi connectivity index (χ1) is 31.0. The zero-order chi connectivity index (χ0) is 45.8. The minimum absolute atomic E-state index is 0.0936. The number of carbonyl (C=O) groups excluding carboxylic acids is 3. The summed E-state index contributed by atoms with van der Waals surface area (Å²) < 4.78 is 16.8. The fourth-order valence-corrected chi connectivity index (χ4v) is 7.07. The fourth-order valence-electron chi connectivity index (χ4n) is 7.07. The quantitative estimate of drug-likeness (QED) is 0.0199. The molecule has 0 radical (unpaired) electrons. The standard InChI is InChI=1S/C57H96O6/c1-4-7-10-13-16-19-22-25-28-30-32-35-38-41-44-47-50-56(59)62-53-54(52-61-55(58)49-46-43-40-37-34-31-27-24-21-18-15-12-9-6-3)63-57(60)51-48-45-42-39-36-33-29-26-23-20-17-14-11-8-5-2/h8-9,11-12,14,17-18,20-21,23,26,28-30,54H,4-7,10,13,15-16,19,22,24-25,27,31-53H2,1-3H3/b11-8-,12-9-,17-14-,21-18-,23-20-,29-26-,30-28-. The Hall–Kier alpha value is -3.41. The second-order valence-corrected chi connectivity index (χ2v) is 17.1. The molecule has 0 amide bonds. The lowest BCUT2D eigenvalue weighted by atomic mass is 10.1.